The zero-order chi connectivity index (χ0) is 25.0. The number of halogens is 5. The van der Waals surface area contributed by atoms with Gasteiger partial charge in [-0.3, -0.25) is 4.79 Å². The number of carbonyl (C=O) groups is 1. The minimum Gasteiger partial charge on any atom is -0.477 e. The maximum absolute atomic E-state index is 16.1. The molecule has 2 aliphatic rings. The van der Waals surface area contributed by atoms with Crippen LogP contribution in [0, 0.1) is 35.1 Å². The molecule has 190 valence electrons. The number of carboxylic acids is 1. The van der Waals surface area contributed by atoms with Crippen LogP contribution in [0.3, 0.4) is 0 Å². The molecule has 36 heavy (non-hydrogen) atoms. The molecule has 3 unspecified atom stereocenters. The fourth-order valence-corrected chi connectivity index (χ4v) is 5.30. The predicted octanol–water partition coefficient (Wildman–Crippen LogP) is 4.27. The Bertz CT molecular complexity index is 1460. The molecule has 0 saturated carbocycles. The van der Waals surface area contributed by atoms with E-state index in [1.807, 2.05) is 19.2 Å². The molecule has 1 fully saturated rings. The molecule has 1 aliphatic carbocycles. The lowest BCUT2D eigenvalue weighted by Gasteiger charge is -2.28. The molecule has 3 atom stereocenters. The van der Waals surface area contributed by atoms with Crippen LogP contribution < -0.4 is 15.6 Å². The Morgan fingerprint density at radius 2 is 1.86 bits per heavy atom. The lowest BCUT2D eigenvalue weighted by Crippen LogP contribution is -2.38. The molecular formula is C25H22ClF4N3O3. The van der Waals surface area contributed by atoms with Crippen molar-refractivity contribution in [1.29, 1.82) is 0 Å². The number of aromatic carboxylic acids is 1. The summed E-state index contributed by atoms with van der Waals surface area (Å²) in [6.07, 6.45) is 5.59. The Morgan fingerprint density at radius 1 is 1.11 bits per heavy atom. The number of hydrogen-bond acceptors (Lipinski definition) is 4. The summed E-state index contributed by atoms with van der Waals surface area (Å²) in [5.41, 5.74) is -3.15. The highest BCUT2D eigenvalue weighted by molar-refractivity contribution is 5.94. The number of rotatable bonds is 4. The molecule has 2 heterocycles. The van der Waals surface area contributed by atoms with Gasteiger partial charge in [0.1, 0.15) is 28.7 Å². The smallest absolute Gasteiger partial charge is 0.341 e. The SMILES string of the molecule is CNC1C=CCC2CN(c3c(F)cc4c(=O)c(C(=O)O)cn(-c5ccc(F)cc5F)c4c3F)CC21.Cl. The van der Waals surface area contributed by atoms with E-state index in [-0.39, 0.29) is 41.7 Å². The molecule has 2 aromatic carbocycles. The van der Waals surface area contributed by atoms with E-state index in [1.54, 1.807) is 4.90 Å². The lowest BCUT2D eigenvalue weighted by atomic mass is 9.82. The van der Waals surface area contributed by atoms with Crippen molar-refractivity contribution >= 4 is 35.0 Å². The fraction of sp³-hybridized carbons (Fsp3) is 0.280. The van der Waals surface area contributed by atoms with Crippen molar-refractivity contribution < 1.29 is 27.5 Å². The second kappa shape index (κ2) is 9.59. The number of hydrogen-bond donors (Lipinski definition) is 2. The molecule has 11 heteroatoms. The highest BCUT2D eigenvalue weighted by atomic mass is 35.5. The van der Waals surface area contributed by atoms with E-state index in [9.17, 15) is 23.5 Å². The fourth-order valence-electron chi connectivity index (χ4n) is 5.30. The number of fused-ring (bicyclic) bond motifs is 2. The van der Waals surface area contributed by atoms with Crippen LogP contribution in [-0.2, 0) is 0 Å². The Morgan fingerprint density at radius 3 is 2.53 bits per heavy atom. The van der Waals surface area contributed by atoms with Crippen molar-refractivity contribution in [3.63, 3.8) is 0 Å². The van der Waals surface area contributed by atoms with Crippen molar-refractivity contribution in [1.82, 2.24) is 9.88 Å². The van der Waals surface area contributed by atoms with E-state index < -0.39 is 51.1 Å². The summed E-state index contributed by atoms with van der Waals surface area (Å²) in [5, 5.41) is 12.1. The molecule has 1 aromatic heterocycles. The third-order valence-corrected chi connectivity index (χ3v) is 6.94. The molecule has 2 N–H and O–H groups in total. The first kappa shape index (κ1) is 25.7. The van der Waals surface area contributed by atoms with E-state index in [2.05, 4.69) is 5.32 Å². The van der Waals surface area contributed by atoms with Crippen molar-refractivity contribution in [2.75, 3.05) is 25.0 Å². The van der Waals surface area contributed by atoms with Gasteiger partial charge in [0.05, 0.1) is 16.6 Å². The lowest BCUT2D eigenvalue weighted by molar-refractivity contribution is 0.0695. The van der Waals surface area contributed by atoms with E-state index >= 15 is 8.78 Å². The van der Waals surface area contributed by atoms with Crippen LogP contribution in [0.15, 0.2) is 47.4 Å². The molecule has 1 aliphatic heterocycles. The van der Waals surface area contributed by atoms with E-state index in [0.29, 0.717) is 19.2 Å². The van der Waals surface area contributed by atoms with Crippen LogP contribution in [0.25, 0.3) is 16.6 Å². The molecule has 0 radical (unpaired) electrons. The van der Waals surface area contributed by atoms with Gasteiger partial charge in [-0.1, -0.05) is 12.2 Å². The van der Waals surface area contributed by atoms with Crippen LogP contribution in [0.5, 0.6) is 0 Å². The maximum Gasteiger partial charge on any atom is 0.341 e. The minimum atomic E-state index is -1.65. The van der Waals surface area contributed by atoms with E-state index in [0.717, 1.165) is 35.4 Å². The number of likely N-dealkylation sites (N-methyl/N-ethyl adjacent to an activating group) is 1. The van der Waals surface area contributed by atoms with Crippen LogP contribution in [0.4, 0.5) is 23.2 Å². The molecule has 5 rings (SSSR count). The van der Waals surface area contributed by atoms with Crippen molar-refractivity contribution in [2.45, 2.75) is 12.5 Å². The summed E-state index contributed by atoms with van der Waals surface area (Å²) >= 11 is 0. The zero-order valence-electron chi connectivity index (χ0n) is 19.0. The quantitative estimate of drug-likeness (QED) is 0.395. The summed E-state index contributed by atoms with van der Waals surface area (Å²) in [5.74, 6) is -5.53. The number of aromatic nitrogens is 1. The summed E-state index contributed by atoms with van der Waals surface area (Å²) in [6, 6.07) is 3.29. The average molecular weight is 524 g/mol. The number of carboxylic acid groups (broad SMARTS) is 1. The largest absolute Gasteiger partial charge is 0.477 e. The first-order chi connectivity index (χ1) is 16.7. The maximum atomic E-state index is 16.1. The third kappa shape index (κ3) is 4.04. The van der Waals surface area contributed by atoms with Crippen molar-refractivity contribution in [2.24, 2.45) is 11.8 Å². The van der Waals surface area contributed by atoms with Gasteiger partial charge in [-0.15, -0.1) is 12.4 Å². The number of anilines is 1. The number of nitrogens with zero attached hydrogens (tertiary/aromatic N) is 2. The van der Waals surface area contributed by atoms with Gasteiger partial charge >= 0.3 is 5.97 Å². The molecule has 1 saturated heterocycles. The summed E-state index contributed by atoms with van der Waals surface area (Å²) < 4.78 is 60.5. The second-order valence-corrected chi connectivity index (χ2v) is 8.87. The van der Waals surface area contributed by atoms with Gasteiger partial charge in [0.15, 0.2) is 5.82 Å². The van der Waals surface area contributed by atoms with Gasteiger partial charge in [0.2, 0.25) is 5.43 Å². The van der Waals surface area contributed by atoms with E-state index in [4.69, 9.17) is 0 Å². The minimum absolute atomic E-state index is 0. The van der Waals surface area contributed by atoms with Gasteiger partial charge in [-0.25, -0.2) is 22.4 Å². The first-order valence-corrected chi connectivity index (χ1v) is 11.1. The summed E-state index contributed by atoms with van der Waals surface area (Å²) in [6.45, 7) is 0.719. The zero-order valence-corrected chi connectivity index (χ0v) is 19.8. The van der Waals surface area contributed by atoms with Gasteiger partial charge in [-0.2, -0.15) is 0 Å². The average Bonchev–Trinajstić information content (AvgIpc) is 3.23. The van der Waals surface area contributed by atoms with Crippen molar-refractivity contribution in [3.05, 3.63) is 81.7 Å². The van der Waals surface area contributed by atoms with Crippen molar-refractivity contribution in [3.8, 4) is 5.69 Å². The van der Waals surface area contributed by atoms with Gasteiger partial charge in [-0.05, 0) is 37.6 Å². The molecule has 6 nitrogen and oxygen atoms in total. The Balaban J connectivity index is 0.00000304. The first-order valence-electron chi connectivity index (χ1n) is 11.1. The summed E-state index contributed by atoms with van der Waals surface area (Å²) in [4.78, 5) is 26.0. The second-order valence-electron chi connectivity index (χ2n) is 8.87. The molecule has 0 amide bonds. The van der Waals surface area contributed by atoms with Crippen LogP contribution in [-0.4, -0.2) is 41.8 Å². The topological polar surface area (TPSA) is 74.6 Å². The van der Waals surface area contributed by atoms with Gasteiger partial charge in [0.25, 0.3) is 0 Å². The molecule has 3 aromatic rings. The number of nitrogens with one attached hydrogen (secondary N) is 1. The van der Waals surface area contributed by atoms with Crippen LogP contribution in [0.1, 0.15) is 16.8 Å². The van der Waals surface area contributed by atoms with E-state index in [1.165, 1.54) is 0 Å². The Hall–Kier alpha value is -3.37. The standard InChI is InChI=1S/C25H21F4N3O3.ClH/c1-30-19-4-2-3-12-9-31(10-15(12)19)23-18(28)8-14-22(21(23)29)32(11-16(24(14)33)25(34)35)20-6-5-13(26)7-17(20)27;/h2,4-8,11-12,15,19,30H,3,9-10H2,1H3,(H,34,35);1H. The highest BCUT2D eigenvalue weighted by Crippen LogP contribution is 2.39. The molecule has 0 spiro atoms. The van der Waals surface area contributed by atoms with Gasteiger partial charge in [0, 0.05) is 37.3 Å². The Kier molecular flexibility index (Phi) is 6.85. The highest BCUT2D eigenvalue weighted by Gasteiger charge is 2.40. The van der Waals surface area contributed by atoms with Crippen LogP contribution in [0.2, 0.25) is 0 Å². The number of pyridine rings is 1. The molecule has 0 bridgehead atoms. The normalized spacial score (nSPS) is 20.9. The predicted molar refractivity (Wildman–Crippen MR) is 129 cm³/mol. The summed E-state index contributed by atoms with van der Waals surface area (Å²) in [7, 11) is 1.81. The van der Waals surface area contributed by atoms with Crippen LogP contribution >= 0.6 is 12.4 Å². The number of allylic oxidation sites excluding steroid dienone is 1. The Labute approximate surface area is 209 Å². The number of benzene rings is 2. The monoisotopic (exact) mass is 523 g/mol. The molecular weight excluding hydrogens is 502 g/mol. The third-order valence-electron chi connectivity index (χ3n) is 6.94. The van der Waals surface area contributed by atoms with Gasteiger partial charge < -0.3 is 19.9 Å².